The minimum atomic E-state index is -1.45. The molecule has 0 saturated heterocycles. The highest BCUT2D eigenvalue weighted by Crippen LogP contribution is 2.04. The van der Waals surface area contributed by atoms with Crippen LogP contribution in [-0.4, -0.2) is 63.2 Å². The Morgan fingerprint density at radius 2 is 1.88 bits per heavy atom. The summed E-state index contributed by atoms with van der Waals surface area (Å²) in [6.07, 6.45) is 0. The molecule has 0 aromatic rings. The monoisotopic (exact) mass is 249 g/mol. The van der Waals surface area contributed by atoms with Crippen LogP contribution in [0.5, 0.6) is 0 Å². The molecule has 0 aromatic heterocycles. The fourth-order valence-electron chi connectivity index (χ4n) is 1.09. The van der Waals surface area contributed by atoms with Crippen molar-refractivity contribution in [1.29, 1.82) is 0 Å². The van der Waals surface area contributed by atoms with E-state index in [9.17, 15) is 9.59 Å². The molecule has 1 amide bonds. The van der Waals surface area contributed by atoms with E-state index in [1.807, 2.05) is 0 Å². The number of carbonyl (C=O) groups is 2. The lowest BCUT2D eigenvalue weighted by atomic mass is 10.0. The lowest BCUT2D eigenvalue weighted by Gasteiger charge is -2.25. The highest BCUT2D eigenvalue weighted by Gasteiger charge is 2.34. The van der Waals surface area contributed by atoms with E-state index in [4.69, 9.17) is 19.3 Å². The molecule has 100 valence electrons. The SMILES string of the molecule is COCCOCC(=O)NC(C)(COC)C(=O)O. The molecule has 0 saturated carbocycles. The van der Waals surface area contributed by atoms with Gasteiger partial charge in [-0.2, -0.15) is 0 Å². The van der Waals surface area contributed by atoms with Gasteiger partial charge in [0.1, 0.15) is 6.61 Å². The molecule has 17 heavy (non-hydrogen) atoms. The Morgan fingerprint density at radius 1 is 1.24 bits per heavy atom. The first-order chi connectivity index (χ1) is 7.96. The second-order valence-electron chi connectivity index (χ2n) is 3.66. The lowest BCUT2D eigenvalue weighted by molar-refractivity contribution is -0.150. The molecule has 7 heteroatoms. The number of hydrogen-bond donors (Lipinski definition) is 2. The van der Waals surface area contributed by atoms with Gasteiger partial charge in [0.05, 0.1) is 19.8 Å². The van der Waals surface area contributed by atoms with E-state index in [0.29, 0.717) is 6.61 Å². The van der Waals surface area contributed by atoms with Crippen molar-refractivity contribution in [3.05, 3.63) is 0 Å². The summed E-state index contributed by atoms with van der Waals surface area (Å²) in [6.45, 7) is 1.69. The molecule has 0 radical (unpaired) electrons. The van der Waals surface area contributed by atoms with E-state index >= 15 is 0 Å². The van der Waals surface area contributed by atoms with Crippen molar-refractivity contribution in [3.63, 3.8) is 0 Å². The molecule has 0 aliphatic heterocycles. The third-order valence-electron chi connectivity index (χ3n) is 1.99. The first-order valence-electron chi connectivity index (χ1n) is 5.06. The summed E-state index contributed by atoms with van der Waals surface area (Å²) in [5, 5.41) is 11.3. The molecule has 0 bridgehead atoms. The summed E-state index contributed by atoms with van der Waals surface area (Å²) in [5.74, 6) is -1.67. The molecule has 1 atom stereocenters. The van der Waals surface area contributed by atoms with E-state index in [1.165, 1.54) is 21.1 Å². The van der Waals surface area contributed by atoms with Gasteiger partial charge in [-0.25, -0.2) is 4.79 Å². The molecule has 0 aliphatic rings. The van der Waals surface area contributed by atoms with Crippen LogP contribution >= 0.6 is 0 Å². The van der Waals surface area contributed by atoms with Crippen LogP contribution in [0.25, 0.3) is 0 Å². The van der Waals surface area contributed by atoms with E-state index in [-0.39, 0.29) is 19.8 Å². The second kappa shape index (κ2) is 7.99. The molecule has 0 spiro atoms. The van der Waals surface area contributed by atoms with Crippen LogP contribution in [0.15, 0.2) is 0 Å². The number of nitrogens with one attached hydrogen (secondary N) is 1. The number of amides is 1. The maximum Gasteiger partial charge on any atom is 0.331 e. The van der Waals surface area contributed by atoms with E-state index in [2.05, 4.69) is 5.32 Å². The number of carboxylic acid groups (broad SMARTS) is 1. The molecular formula is C10H19NO6. The Kier molecular flexibility index (Phi) is 7.44. The molecule has 1 unspecified atom stereocenters. The van der Waals surface area contributed by atoms with Gasteiger partial charge in [-0.15, -0.1) is 0 Å². The van der Waals surface area contributed by atoms with Crippen molar-refractivity contribution in [2.24, 2.45) is 0 Å². The molecule has 7 nitrogen and oxygen atoms in total. The van der Waals surface area contributed by atoms with Crippen LogP contribution in [0.2, 0.25) is 0 Å². The largest absolute Gasteiger partial charge is 0.479 e. The van der Waals surface area contributed by atoms with Gasteiger partial charge in [0.25, 0.3) is 0 Å². The van der Waals surface area contributed by atoms with Crippen molar-refractivity contribution in [3.8, 4) is 0 Å². The Balaban J connectivity index is 4.09. The van der Waals surface area contributed by atoms with Crippen LogP contribution in [-0.2, 0) is 23.8 Å². The van der Waals surface area contributed by atoms with Crippen LogP contribution in [0, 0.1) is 0 Å². The first kappa shape index (κ1) is 15.8. The van der Waals surface area contributed by atoms with Gasteiger partial charge in [-0.05, 0) is 6.92 Å². The predicted molar refractivity (Wildman–Crippen MR) is 58.8 cm³/mol. The maximum atomic E-state index is 11.4. The van der Waals surface area contributed by atoms with Gasteiger partial charge >= 0.3 is 5.97 Å². The van der Waals surface area contributed by atoms with E-state index < -0.39 is 17.4 Å². The Bertz CT molecular complexity index is 257. The zero-order chi connectivity index (χ0) is 13.3. The third kappa shape index (κ3) is 6.20. The summed E-state index contributed by atoms with van der Waals surface area (Å²) < 4.78 is 14.5. The Labute approximate surface area is 100 Å². The van der Waals surface area contributed by atoms with Gasteiger partial charge in [-0.1, -0.05) is 0 Å². The van der Waals surface area contributed by atoms with Gasteiger partial charge in [0, 0.05) is 14.2 Å². The zero-order valence-electron chi connectivity index (χ0n) is 10.3. The van der Waals surface area contributed by atoms with Crippen molar-refractivity contribution in [2.45, 2.75) is 12.5 Å². The Hall–Kier alpha value is -1.18. The molecule has 0 fully saturated rings. The van der Waals surface area contributed by atoms with E-state index in [1.54, 1.807) is 0 Å². The fourth-order valence-corrected chi connectivity index (χ4v) is 1.09. The number of carbonyl (C=O) groups excluding carboxylic acids is 1. The summed E-state index contributed by atoms with van der Waals surface area (Å²) >= 11 is 0. The van der Waals surface area contributed by atoms with Crippen LogP contribution in [0.4, 0.5) is 0 Å². The maximum absolute atomic E-state index is 11.4. The molecule has 0 aliphatic carbocycles. The summed E-state index contributed by atoms with van der Waals surface area (Å²) in [5.41, 5.74) is -1.45. The molecule has 0 aromatic carbocycles. The topological polar surface area (TPSA) is 94.1 Å². The van der Waals surface area contributed by atoms with Gasteiger partial charge < -0.3 is 24.6 Å². The molecular weight excluding hydrogens is 230 g/mol. The molecule has 0 rings (SSSR count). The van der Waals surface area contributed by atoms with Crippen molar-refractivity contribution in [2.75, 3.05) is 40.6 Å². The molecule has 2 N–H and O–H groups in total. The second-order valence-corrected chi connectivity index (χ2v) is 3.66. The minimum Gasteiger partial charge on any atom is -0.479 e. The Morgan fingerprint density at radius 3 is 2.35 bits per heavy atom. The number of methoxy groups -OCH3 is 2. The number of rotatable bonds is 9. The highest BCUT2D eigenvalue weighted by atomic mass is 16.5. The summed E-state index contributed by atoms with van der Waals surface area (Å²) in [4.78, 5) is 22.4. The smallest absolute Gasteiger partial charge is 0.331 e. The fraction of sp³-hybridized carbons (Fsp3) is 0.800. The number of ether oxygens (including phenoxy) is 3. The number of hydrogen-bond acceptors (Lipinski definition) is 5. The molecule has 0 heterocycles. The standard InChI is InChI=1S/C10H19NO6/c1-10(7-16-3,9(13)14)11-8(12)6-17-5-4-15-2/h4-7H2,1-3H3,(H,11,12)(H,13,14). The van der Waals surface area contributed by atoms with E-state index in [0.717, 1.165) is 0 Å². The zero-order valence-corrected chi connectivity index (χ0v) is 10.3. The predicted octanol–water partition coefficient (Wildman–Crippen LogP) is -0.745. The summed E-state index contributed by atoms with van der Waals surface area (Å²) in [7, 11) is 2.88. The quantitative estimate of drug-likeness (QED) is 0.522. The highest BCUT2D eigenvalue weighted by molar-refractivity contribution is 5.87. The average Bonchev–Trinajstić information content (AvgIpc) is 2.24. The first-order valence-corrected chi connectivity index (χ1v) is 5.06. The van der Waals surface area contributed by atoms with Crippen LogP contribution in [0.1, 0.15) is 6.92 Å². The van der Waals surface area contributed by atoms with Crippen molar-refractivity contribution < 1.29 is 28.9 Å². The van der Waals surface area contributed by atoms with Crippen LogP contribution < -0.4 is 5.32 Å². The minimum absolute atomic E-state index is 0.119. The normalized spacial score (nSPS) is 14.1. The van der Waals surface area contributed by atoms with Crippen LogP contribution in [0.3, 0.4) is 0 Å². The number of aliphatic carboxylic acids is 1. The van der Waals surface area contributed by atoms with Gasteiger partial charge in [-0.3, -0.25) is 4.79 Å². The number of carboxylic acids is 1. The van der Waals surface area contributed by atoms with Gasteiger partial charge in [0.2, 0.25) is 5.91 Å². The summed E-state index contributed by atoms with van der Waals surface area (Å²) in [6, 6.07) is 0. The van der Waals surface area contributed by atoms with Gasteiger partial charge in [0.15, 0.2) is 5.54 Å². The average molecular weight is 249 g/mol. The third-order valence-corrected chi connectivity index (χ3v) is 1.99. The van der Waals surface area contributed by atoms with Crippen molar-refractivity contribution >= 4 is 11.9 Å². The van der Waals surface area contributed by atoms with Crippen molar-refractivity contribution in [1.82, 2.24) is 5.32 Å². The lowest BCUT2D eigenvalue weighted by Crippen LogP contribution is -2.56.